The third-order valence-electron chi connectivity index (χ3n) is 4.62. The maximum atomic E-state index is 2.49. The minimum absolute atomic E-state index is 0.699. The van der Waals surface area contributed by atoms with Crippen LogP contribution in [-0.4, -0.2) is 0 Å². The maximum absolute atomic E-state index is 2.49. The van der Waals surface area contributed by atoms with Crippen LogP contribution in [0.1, 0.15) is 59.3 Å². The van der Waals surface area contributed by atoms with E-state index < -0.39 is 0 Å². The minimum atomic E-state index is 0.699. The summed E-state index contributed by atoms with van der Waals surface area (Å²) in [5.74, 6) is 0.892. The Bertz CT molecular complexity index is 162. The zero-order valence-electron chi connectivity index (χ0n) is 8.82. The molecule has 0 N–H and O–H groups in total. The summed E-state index contributed by atoms with van der Waals surface area (Å²) >= 11 is 0. The lowest BCUT2D eigenvalue weighted by Crippen LogP contribution is -2.46. The van der Waals surface area contributed by atoms with Crippen molar-refractivity contribution in [3.63, 3.8) is 0 Å². The summed E-state index contributed by atoms with van der Waals surface area (Å²) in [4.78, 5) is 0. The lowest BCUT2D eigenvalue weighted by atomic mass is 9.49. The number of rotatable bonds is 1. The first-order valence-corrected chi connectivity index (χ1v) is 5.56. The second-order valence-electron chi connectivity index (χ2n) is 5.87. The zero-order chi connectivity index (χ0) is 8.82. The molecule has 0 heterocycles. The van der Waals surface area contributed by atoms with Crippen LogP contribution in [0.2, 0.25) is 0 Å². The van der Waals surface area contributed by atoms with E-state index in [2.05, 4.69) is 20.8 Å². The molecular formula is C12H22. The first-order chi connectivity index (χ1) is 5.56. The highest BCUT2D eigenvalue weighted by molar-refractivity contribution is 5.03. The molecule has 0 aromatic heterocycles. The van der Waals surface area contributed by atoms with Gasteiger partial charge in [0.15, 0.2) is 0 Å². The Kier molecular flexibility index (Phi) is 1.79. The average Bonchev–Trinajstić information content (AvgIpc) is 2.34. The average molecular weight is 166 g/mol. The van der Waals surface area contributed by atoms with Crippen molar-refractivity contribution in [3.05, 3.63) is 0 Å². The Morgan fingerprint density at radius 2 is 1.50 bits per heavy atom. The van der Waals surface area contributed by atoms with Gasteiger partial charge in [-0.2, -0.15) is 0 Å². The monoisotopic (exact) mass is 166 g/mol. The first-order valence-electron chi connectivity index (χ1n) is 5.56. The van der Waals surface area contributed by atoms with Crippen molar-refractivity contribution < 1.29 is 0 Å². The largest absolute Gasteiger partial charge is 0.0623 e. The van der Waals surface area contributed by atoms with Gasteiger partial charge in [-0.05, 0) is 42.4 Å². The van der Waals surface area contributed by atoms with Gasteiger partial charge in [0.1, 0.15) is 0 Å². The van der Waals surface area contributed by atoms with Crippen LogP contribution in [0, 0.1) is 16.7 Å². The molecule has 2 saturated carbocycles. The molecule has 2 aliphatic rings. The van der Waals surface area contributed by atoms with Crippen LogP contribution in [0.4, 0.5) is 0 Å². The summed E-state index contributed by atoms with van der Waals surface area (Å²) in [7, 11) is 0. The normalized spacial score (nSPS) is 31.0. The molecule has 0 unspecified atom stereocenters. The first kappa shape index (κ1) is 8.59. The van der Waals surface area contributed by atoms with E-state index in [0.29, 0.717) is 5.41 Å². The molecule has 0 heteroatoms. The Morgan fingerprint density at radius 3 is 1.92 bits per heavy atom. The van der Waals surface area contributed by atoms with Crippen LogP contribution in [0.5, 0.6) is 0 Å². The Balaban J connectivity index is 1.97. The van der Waals surface area contributed by atoms with Crippen LogP contribution in [0.15, 0.2) is 0 Å². The molecule has 2 aliphatic carbocycles. The molecule has 1 spiro atoms. The minimum Gasteiger partial charge on any atom is -0.0623 e. The smallest absolute Gasteiger partial charge is 0.0287 e. The van der Waals surface area contributed by atoms with Crippen molar-refractivity contribution in [2.45, 2.75) is 59.3 Å². The SMILES string of the molecule is CC(C)C1(C)CC2(CCCC2)C1. The van der Waals surface area contributed by atoms with Crippen molar-refractivity contribution >= 4 is 0 Å². The summed E-state index contributed by atoms with van der Waals surface area (Å²) in [5, 5.41) is 0. The van der Waals surface area contributed by atoms with Crippen molar-refractivity contribution in [1.82, 2.24) is 0 Å². The topological polar surface area (TPSA) is 0 Å². The summed E-state index contributed by atoms with van der Waals surface area (Å²) in [5.41, 5.74) is 1.53. The van der Waals surface area contributed by atoms with E-state index in [1.807, 2.05) is 0 Å². The van der Waals surface area contributed by atoms with Crippen LogP contribution in [0.3, 0.4) is 0 Å². The van der Waals surface area contributed by atoms with Crippen molar-refractivity contribution in [2.24, 2.45) is 16.7 Å². The highest BCUT2D eigenvalue weighted by Crippen LogP contribution is 2.64. The molecular weight excluding hydrogens is 144 g/mol. The standard InChI is InChI=1S/C12H22/c1-10(2)11(3)8-12(9-11)6-4-5-7-12/h10H,4-9H2,1-3H3. The molecule has 0 aliphatic heterocycles. The van der Waals surface area contributed by atoms with Gasteiger partial charge in [-0.15, -0.1) is 0 Å². The van der Waals surface area contributed by atoms with Crippen LogP contribution < -0.4 is 0 Å². The van der Waals surface area contributed by atoms with Gasteiger partial charge >= 0.3 is 0 Å². The fourth-order valence-corrected chi connectivity index (χ4v) is 3.55. The van der Waals surface area contributed by atoms with Crippen LogP contribution >= 0.6 is 0 Å². The second-order valence-corrected chi connectivity index (χ2v) is 5.87. The van der Waals surface area contributed by atoms with Crippen molar-refractivity contribution in [2.75, 3.05) is 0 Å². The van der Waals surface area contributed by atoms with Gasteiger partial charge in [0, 0.05) is 0 Å². The van der Waals surface area contributed by atoms with Crippen LogP contribution in [0.25, 0.3) is 0 Å². The lowest BCUT2D eigenvalue weighted by molar-refractivity contribution is -0.0557. The molecule has 70 valence electrons. The van der Waals surface area contributed by atoms with Crippen molar-refractivity contribution in [1.29, 1.82) is 0 Å². The predicted octanol–water partition coefficient (Wildman–Crippen LogP) is 4.00. The van der Waals surface area contributed by atoms with E-state index in [9.17, 15) is 0 Å². The maximum Gasteiger partial charge on any atom is -0.0287 e. The van der Waals surface area contributed by atoms with Gasteiger partial charge in [0.2, 0.25) is 0 Å². The predicted molar refractivity (Wildman–Crippen MR) is 53.1 cm³/mol. The number of hydrogen-bond acceptors (Lipinski definition) is 0. The second kappa shape index (κ2) is 2.49. The Hall–Kier alpha value is 0. The third kappa shape index (κ3) is 1.11. The third-order valence-corrected chi connectivity index (χ3v) is 4.62. The van der Waals surface area contributed by atoms with E-state index in [1.54, 1.807) is 0 Å². The Morgan fingerprint density at radius 1 is 1.00 bits per heavy atom. The van der Waals surface area contributed by atoms with E-state index >= 15 is 0 Å². The molecule has 0 amide bonds. The van der Waals surface area contributed by atoms with Gasteiger partial charge in [-0.3, -0.25) is 0 Å². The summed E-state index contributed by atoms with van der Waals surface area (Å²) in [6.07, 6.45) is 9.14. The van der Waals surface area contributed by atoms with Gasteiger partial charge < -0.3 is 0 Å². The van der Waals surface area contributed by atoms with E-state index in [4.69, 9.17) is 0 Å². The number of hydrogen-bond donors (Lipinski definition) is 0. The van der Waals surface area contributed by atoms with E-state index in [-0.39, 0.29) is 0 Å². The Labute approximate surface area is 76.7 Å². The molecule has 2 rings (SSSR count). The van der Waals surface area contributed by atoms with Gasteiger partial charge in [-0.1, -0.05) is 33.6 Å². The molecule has 0 bridgehead atoms. The fourth-order valence-electron chi connectivity index (χ4n) is 3.55. The van der Waals surface area contributed by atoms with E-state index in [0.717, 1.165) is 11.3 Å². The highest BCUT2D eigenvalue weighted by atomic mass is 14.6. The molecule has 0 saturated heterocycles. The summed E-state index contributed by atoms with van der Waals surface area (Å²) < 4.78 is 0. The lowest BCUT2D eigenvalue weighted by Gasteiger charge is -2.56. The molecule has 0 nitrogen and oxygen atoms in total. The summed E-state index contributed by atoms with van der Waals surface area (Å²) in [6.45, 7) is 7.27. The molecule has 0 aromatic carbocycles. The fraction of sp³-hybridized carbons (Fsp3) is 1.00. The quantitative estimate of drug-likeness (QED) is 0.552. The van der Waals surface area contributed by atoms with Crippen LogP contribution in [-0.2, 0) is 0 Å². The summed E-state index contributed by atoms with van der Waals surface area (Å²) in [6, 6.07) is 0. The van der Waals surface area contributed by atoms with Gasteiger partial charge in [0.05, 0.1) is 0 Å². The molecule has 12 heavy (non-hydrogen) atoms. The highest BCUT2D eigenvalue weighted by Gasteiger charge is 2.53. The molecule has 2 fully saturated rings. The van der Waals surface area contributed by atoms with Crippen molar-refractivity contribution in [3.8, 4) is 0 Å². The van der Waals surface area contributed by atoms with Gasteiger partial charge in [-0.25, -0.2) is 0 Å². The van der Waals surface area contributed by atoms with Gasteiger partial charge in [0.25, 0.3) is 0 Å². The van der Waals surface area contributed by atoms with E-state index in [1.165, 1.54) is 38.5 Å². The zero-order valence-corrected chi connectivity index (χ0v) is 8.82. The molecule has 0 atom stereocenters. The molecule has 0 radical (unpaired) electrons. The molecule has 0 aromatic rings.